The van der Waals surface area contributed by atoms with Crippen molar-refractivity contribution < 1.29 is 0 Å². The van der Waals surface area contributed by atoms with E-state index >= 15 is 0 Å². The fourth-order valence-corrected chi connectivity index (χ4v) is 8.01. The first-order chi connectivity index (χ1) is 19.9. The number of rotatable bonds is 2. The molecule has 0 N–H and O–H groups in total. The quantitative estimate of drug-likeness (QED) is 0.198. The molecule has 40 heavy (non-hydrogen) atoms. The first-order valence-corrected chi connectivity index (χ1v) is 14.5. The topological polar surface area (TPSA) is 4.93 Å². The summed E-state index contributed by atoms with van der Waals surface area (Å²) in [4.78, 5) is 0. The van der Waals surface area contributed by atoms with Gasteiger partial charge in [0, 0.05) is 37.3 Å². The van der Waals surface area contributed by atoms with Crippen LogP contribution in [-0.4, -0.2) is 4.57 Å². The van der Waals surface area contributed by atoms with E-state index in [4.69, 9.17) is 0 Å². The highest BCUT2D eigenvalue weighted by molar-refractivity contribution is 7.27. The standard InChI is InChI=1S/C38H23NS/c1-2-10-24(11-3-1)25-18-20-26(21-19-25)39-34-17-9-8-14-29(34)31-22-23-33-35-30-15-6-4-12-27(30)28-13-5-7-16-32(28)37(35)40-38(33)36(31)39/h1-23H. The van der Waals surface area contributed by atoms with Crippen LogP contribution < -0.4 is 0 Å². The highest BCUT2D eigenvalue weighted by Gasteiger charge is 2.20. The number of hydrogen-bond acceptors (Lipinski definition) is 1. The Balaban J connectivity index is 1.43. The zero-order chi connectivity index (χ0) is 26.2. The lowest BCUT2D eigenvalue weighted by molar-refractivity contribution is 1.19. The molecule has 0 amide bonds. The van der Waals surface area contributed by atoms with Gasteiger partial charge in [0.25, 0.3) is 0 Å². The van der Waals surface area contributed by atoms with E-state index < -0.39 is 0 Å². The fourth-order valence-electron chi connectivity index (χ4n) is 6.61. The minimum absolute atomic E-state index is 1.19. The summed E-state index contributed by atoms with van der Waals surface area (Å²) in [5.74, 6) is 0. The van der Waals surface area contributed by atoms with E-state index in [1.807, 2.05) is 11.3 Å². The van der Waals surface area contributed by atoms with Gasteiger partial charge in [-0.05, 0) is 45.5 Å². The van der Waals surface area contributed by atoms with Crippen LogP contribution in [-0.2, 0) is 0 Å². The molecule has 0 spiro atoms. The minimum Gasteiger partial charge on any atom is -0.308 e. The van der Waals surface area contributed by atoms with E-state index in [1.165, 1.54) is 80.3 Å². The monoisotopic (exact) mass is 525 g/mol. The molecule has 0 atom stereocenters. The van der Waals surface area contributed by atoms with Crippen molar-refractivity contribution >= 4 is 74.9 Å². The maximum atomic E-state index is 2.47. The molecule has 0 aliphatic carbocycles. The summed E-state index contributed by atoms with van der Waals surface area (Å²) in [6, 6.07) is 50.9. The summed E-state index contributed by atoms with van der Waals surface area (Å²) in [5, 5.41) is 10.6. The number of aromatic nitrogens is 1. The van der Waals surface area contributed by atoms with Gasteiger partial charge in [-0.15, -0.1) is 11.3 Å². The van der Waals surface area contributed by atoms with E-state index in [0.29, 0.717) is 0 Å². The zero-order valence-corrected chi connectivity index (χ0v) is 22.5. The molecule has 2 aromatic heterocycles. The van der Waals surface area contributed by atoms with Crippen LogP contribution >= 0.6 is 11.3 Å². The van der Waals surface area contributed by atoms with Crippen molar-refractivity contribution in [2.24, 2.45) is 0 Å². The van der Waals surface area contributed by atoms with Gasteiger partial charge in [-0.25, -0.2) is 0 Å². The van der Waals surface area contributed by atoms with Gasteiger partial charge in [0.1, 0.15) is 0 Å². The molecule has 2 heterocycles. The number of hydrogen-bond donors (Lipinski definition) is 0. The molecule has 0 bridgehead atoms. The fraction of sp³-hybridized carbons (Fsp3) is 0. The average Bonchev–Trinajstić information content (AvgIpc) is 3.59. The lowest BCUT2D eigenvalue weighted by Crippen LogP contribution is -1.93. The first-order valence-electron chi connectivity index (χ1n) is 13.7. The number of benzene rings is 7. The van der Waals surface area contributed by atoms with Crippen LogP contribution in [0.3, 0.4) is 0 Å². The van der Waals surface area contributed by atoms with Crippen LogP contribution in [0.2, 0.25) is 0 Å². The summed E-state index contributed by atoms with van der Waals surface area (Å²) in [6.45, 7) is 0. The molecule has 0 aliphatic heterocycles. The Kier molecular flexibility index (Phi) is 4.55. The van der Waals surface area contributed by atoms with E-state index in [2.05, 4.69) is 144 Å². The minimum atomic E-state index is 1.19. The van der Waals surface area contributed by atoms with Gasteiger partial charge in [0.05, 0.1) is 15.7 Å². The van der Waals surface area contributed by atoms with Gasteiger partial charge in [-0.3, -0.25) is 0 Å². The zero-order valence-electron chi connectivity index (χ0n) is 21.6. The van der Waals surface area contributed by atoms with Gasteiger partial charge in [0.2, 0.25) is 0 Å². The smallest absolute Gasteiger partial charge is 0.0719 e. The highest BCUT2D eigenvalue weighted by Crippen LogP contribution is 2.47. The van der Waals surface area contributed by atoms with Gasteiger partial charge in [0.15, 0.2) is 0 Å². The molecule has 2 heteroatoms. The second kappa shape index (κ2) is 8.29. The number of thiophene rings is 1. The van der Waals surface area contributed by atoms with E-state index in [9.17, 15) is 0 Å². The third-order valence-corrected chi connectivity index (χ3v) is 9.63. The molecular formula is C38H23NS. The number of fused-ring (bicyclic) bond motifs is 12. The highest BCUT2D eigenvalue weighted by atomic mass is 32.1. The maximum Gasteiger partial charge on any atom is 0.0719 e. The second-order valence-electron chi connectivity index (χ2n) is 10.5. The van der Waals surface area contributed by atoms with Crippen molar-refractivity contribution in [3.8, 4) is 16.8 Å². The summed E-state index contributed by atoms with van der Waals surface area (Å²) in [6.07, 6.45) is 0. The van der Waals surface area contributed by atoms with Crippen molar-refractivity contribution in [3.63, 3.8) is 0 Å². The molecule has 0 radical (unpaired) electrons. The molecule has 0 saturated heterocycles. The molecule has 0 fully saturated rings. The second-order valence-corrected chi connectivity index (χ2v) is 11.5. The Morgan fingerprint density at radius 1 is 0.375 bits per heavy atom. The molecule has 0 unspecified atom stereocenters. The van der Waals surface area contributed by atoms with Crippen molar-refractivity contribution in [2.45, 2.75) is 0 Å². The van der Waals surface area contributed by atoms with E-state index in [1.54, 1.807) is 0 Å². The molecule has 1 nitrogen and oxygen atoms in total. The molecule has 186 valence electrons. The van der Waals surface area contributed by atoms with Gasteiger partial charge in [-0.1, -0.05) is 121 Å². The van der Waals surface area contributed by atoms with Crippen LogP contribution in [0.25, 0.3) is 80.3 Å². The van der Waals surface area contributed by atoms with Crippen LogP contribution in [0, 0.1) is 0 Å². The predicted molar refractivity (Wildman–Crippen MR) is 174 cm³/mol. The van der Waals surface area contributed by atoms with Crippen molar-refractivity contribution in [3.05, 3.63) is 140 Å². The number of para-hydroxylation sites is 1. The third kappa shape index (κ3) is 2.97. The van der Waals surface area contributed by atoms with Crippen molar-refractivity contribution in [1.82, 2.24) is 4.57 Å². The van der Waals surface area contributed by atoms with Crippen LogP contribution in [0.4, 0.5) is 0 Å². The molecule has 7 aromatic carbocycles. The van der Waals surface area contributed by atoms with Crippen LogP contribution in [0.15, 0.2) is 140 Å². The maximum absolute atomic E-state index is 2.47. The number of nitrogens with zero attached hydrogens (tertiary/aromatic N) is 1. The summed E-state index contributed by atoms with van der Waals surface area (Å²) < 4.78 is 5.19. The Bertz CT molecular complexity index is 2410. The van der Waals surface area contributed by atoms with Gasteiger partial charge < -0.3 is 4.57 Å². The molecule has 0 saturated carbocycles. The van der Waals surface area contributed by atoms with Gasteiger partial charge in [-0.2, -0.15) is 0 Å². The predicted octanol–water partition coefficient (Wildman–Crippen LogP) is 11.1. The third-order valence-electron chi connectivity index (χ3n) is 8.38. The largest absolute Gasteiger partial charge is 0.308 e. The lowest BCUT2D eigenvalue weighted by atomic mass is 9.97. The Morgan fingerprint density at radius 3 is 1.73 bits per heavy atom. The van der Waals surface area contributed by atoms with Crippen molar-refractivity contribution in [1.29, 1.82) is 0 Å². The Labute approximate surface area is 235 Å². The molecule has 0 aliphatic rings. The van der Waals surface area contributed by atoms with Crippen LogP contribution in [0.5, 0.6) is 0 Å². The Morgan fingerprint density at radius 2 is 0.950 bits per heavy atom. The van der Waals surface area contributed by atoms with Gasteiger partial charge >= 0.3 is 0 Å². The summed E-state index contributed by atoms with van der Waals surface area (Å²) >= 11 is 1.94. The van der Waals surface area contributed by atoms with E-state index in [-0.39, 0.29) is 0 Å². The van der Waals surface area contributed by atoms with E-state index in [0.717, 1.165) is 0 Å². The summed E-state index contributed by atoms with van der Waals surface area (Å²) in [5.41, 5.74) is 6.19. The molecule has 9 rings (SSSR count). The van der Waals surface area contributed by atoms with Crippen molar-refractivity contribution in [2.75, 3.05) is 0 Å². The SMILES string of the molecule is c1ccc(-c2ccc(-n3c4ccccc4c4ccc5c(sc6c7ccccc7c7ccccc7c56)c43)cc2)cc1. The molecular weight excluding hydrogens is 502 g/mol. The lowest BCUT2D eigenvalue weighted by Gasteiger charge is -2.10. The average molecular weight is 526 g/mol. The molecule has 9 aromatic rings. The van der Waals surface area contributed by atoms with Crippen LogP contribution in [0.1, 0.15) is 0 Å². The normalized spacial score (nSPS) is 12.0. The summed E-state index contributed by atoms with van der Waals surface area (Å²) in [7, 11) is 0. The Hall–Kier alpha value is -4.92. The first kappa shape index (κ1) is 22.0.